The smallest absolute Gasteiger partial charge is 0.269 e. The van der Waals surface area contributed by atoms with Gasteiger partial charge in [0.1, 0.15) is 11.3 Å². The molecule has 0 saturated heterocycles. The number of aromatic nitrogens is 4. The van der Waals surface area contributed by atoms with Crippen LogP contribution in [0.25, 0.3) is 22.1 Å². The van der Waals surface area contributed by atoms with E-state index in [1.165, 1.54) is 10.2 Å². The Balaban J connectivity index is 1.40. The van der Waals surface area contributed by atoms with Crippen molar-refractivity contribution in [2.45, 2.75) is 56.0 Å². The van der Waals surface area contributed by atoms with E-state index in [0.29, 0.717) is 41.3 Å². The molecule has 9 nitrogen and oxygen atoms in total. The zero-order valence-corrected chi connectivity index (χ0v) is 23.3. The average molecular weight is 567 g/mol. The van der Waals surface area contributed by atoms with Gasteiger partial charge < -0.3 is 9.88 Å². The second-order valence-corrected chi connectivity index (χ2v) is 12.3. The molecule has 1 aliphatic carbocycles. The van der Waals surface area contributed by atoms with E-state index in [1.807, 2.05) is 30.3 Å². The van der Waals surface area contributed by atoms with Crippen LogP contribution in [0.3, 0.4) is 0 Å². The van der Waals surface area contributed by atoms with Gasteiger partial charge in [-0.3, -0.25) is 4.79 Å². The Morgan fingerprint density at radius 1 is 1.00 bits per heavy atom. The summed E-state index contributed by atoms with van der Waals surface area (Å²) < 4.78 is 30.3. The Morgan fingerprint density at radius 3 is 2.41 bits per heavy atom. The maximum absolute atomic E-state index is 13.5. The van der Waals surface area contributed by atoms with Gasteiger partial charge in [0.25, 0.3) is 10.0 Å². The van der Waals surface area contributed by atoms with Gasteiger partial charge in [-0.15, -0.1) is 0 Å². The number of nitriles is 1. The maximum atomic E-state index is 13.5. The molecule has 0 atom stereocenters. The lowest BCUT2D eigenvalue weighted by molar-refractivity contribution is -0.120. The van der Waals surface area contributed by atoms with Crippen LogP contribution in [0.2, 0.25) is 0 Å². The lowest BCUT2D eigenvalue weighted by Crippen LogP contribution is -2.27. The topological polar surface area (TPSA) is 123 Å². The lowest BCUT2D eigenvalue weighted by atomic mass is 9.84. The highest BCUT2D eigenvalue weighted by Gasteiger charge is 2.29. The SMILES string of the molecule is N#CC[C@H]1CC[C@H](n2c(CC(=O)NCc3ccccc3)nc3cnc4c(ccn4S(=O)(=O)c4ccccc4)c32)CC1. The van der Waals surface area contributed by atoms with Gasteiger partial charge in [-0.1, -0.05) is 48.5 Å². The summed E-state index contributed by atoms with van der Waals surface area (Å²) in [7, 11) is -3.86. The predicted octanol–water partition coefficient (Wildman–Crippen LogP) is 5.13. The minimum absolute atomic E-state index is 0.0755. The van der Waals surface area contributed by atoms with E-state index in [4.69, 9.17) is 4.98 Å². The van der Waals surface area contributed by atoms with Crippen LogP contribution in [0.1, 0.15) is 49.5 Å². The largest absolute Gasteiger partial charge is 0.352 e. The fourth-order valence-corrected chi connectivity index (χ4v) is 7.18. The number of nitrogens with one attached hydrogen (secondary N) is 1. The van der Waals surface area contributed by atoms with Crippen molar-refractivity contribution in [2.75, 3.05) is 0 Å². The fraction of sp³-hybridized carbons (Fsp3) is 0.290. The predicted molar refractivity (Wildman–Crippen MR) is 155 cm³/mol. The van der Waals surface area contributed by atoms with Crippen molar-refractivity contribution in [1.29, 1.82) is 5.26 Å². The van der Waals surface area contributed by atoms with Crippen molar-refractivity contribution < 1.29 is 13.2 Å². The van der Waals surface area contributed by atoms with Crippen LogP contribution in [-0.4, -0.2) is 32.8 Å². The summed E-state index contributed by atoms with van der Waals surface area (Å²) in [6, 6.07) is 22.2. The number of pyridine rings is 1. The number of carbonyl (C=O) groups is 1. The maximum Gasteiger partial charge on any atom is 0.269 e. The normalized spacial score (nSPS) is 17.4. The van der Waals surface area contributed by atoms with Gasteiger partial charge in [0.05, 0.1) is 29.1 Å². The zero-order valence-electron chi connectivity index (χ0n) is 22.5. The number of hydrogen-bond donors (Lipinski definition) is 1. The number of benzene rings is 2. The third-order valence-corrected chi connectivity index (χ3v) is 9.59. The summed E-state index contributed by atoms with van der Waals surface area (Å²) in [4.78, 5) is 22.6. The molecular weight excluding hydrogens is 536 g/mol. The number of nitrogens with zero attached hydrogens (tertiary/aromatic N) is 5. The van der Waals surface area contributed by atoms with Crippen LogP contribution >= 0.6 is 0 Å². The van der Waals surface area contributed by atoms with Crippen molar-refractivity contribution in [3.05, 3.63) is 90.5 Å². The molecule has 10 heteroatoms. The van der Waals surface area contributed by atoms with E-state index < -0.39 is 10.0 Å². The molecule has 208 valence electrons. The Morgan fingerprint density at radius 2 is 1.71 bits per heavy atom. The summed E-state index contributed by atoms with van der Waals surface area (Å²) in [5, 5.41) is 12.9. The third kappa shape index (κ3) is 5.21. The highest BCUT2D eigenvalue weighted by molar-refractivity contribution is 7.90. The van der Waals surface area contributed by atoms with Gasteiger partial charge >= 0.3 is 0 Å². The molecule has 41 heavy (non-hydrogen) atoms. The van der Waals surface area contributed by atoms with Crippen LogP contribution in [0, 0.1) is 17.2 Å². The van der Waals surface area contributed by atoms with Gasteiger partial charge in [-0.2, -0.15) is 5.26 Å². The first kappa shape index (κ1) is 26.7. The van der Waals surface area contributed by atoms with Crippen LogP contribution in [0.5, 0.6) is 0 Å². The van der Waals surface area contributed by atoms with Gasteiger partial charge in [0.15, 0.2) is 5.65 Å². The second-order valence-electron chi connectivity index (χ2n) is 10.5. The molecule has 5 aromatic rings. The zero-order chi connectivity index (χ0) is 28.4. The van der Waals surface area contributed by atoms with E-state index >= 15 is 0 Å². The van der Waals surface area contributed by atoms with E-state index in [-0.39, 0.29) is 23.3 Å². The first-order valence-electron chi connectivity index (χ1n) is 13.8. The molecule has 2 aromatic carbocycles. The summed E-state index contributed by atoms with van der Waals surface area (Å²) in [5.74, 6) is 0.849. The molecule has 1 amide bonds. The van der Waals surface area contributed by atoms with Gasteiger partial charge in [-0.25, -0.2) is 22.4 Å². The Kier molecular flexibility index (Phi) is 7.28. The molecule has 3 aromatic heterocycles. The molecule has 0 aliphatic heterocycles. The van der Waals surface area contributed by atoms with Crippen LogP contribution in [0.15, 0.2) is 84.0 Å². The number of carbonyl (C=O) groups excluding carboxylic acids is 1. The molecule has 1 fully saturated rings. The van der Waals surface area contributed by atoms with Gasteiger partial charge in [0, 0.05) is 30.6 Å². The van der Waals surface area contributed by atoms with E-state index in [2.05, 4.69) is 20.9 Å². The van der Waals surface area contributed by atoms with Crippen molar-refractivity contribution in [1.82, 2.24) is 23.8 Å². The average Bonchev–Trinajstić information content (AvgIpc) is 3.59. The van der Waals surface area contributed by atoms with Crippen LogP contribution in [0.4, 0.5) is 0 Å². The molecule has 0 radical (unpaired) electrons. The van der Waals surface area contributed by atoms with E-state index in [1.54, 1.807) is 42.6 Å². The Labute approximate surface area is 238 Å². The lowest BCUT2D eigenvalue weighted by Gasteiger charge is -2.30. The van der Waals surface area contributed by atoms with Crippen LogP contribution < -0.4 is 5.32 Å². The van der Waals surface area contributed by atoms with Crippen LogP contribution in [-0.2, 0) is 27.8 Å². The highest BCUT2D eigenvalue weighted by atomic mass is 32.2. The van der Waals surface area contributed by atoms with E-state index in [9.17, 15) is 18.5 Å². The number of hydrogen-bond acceptors (Lipinski definition) is 6. The first-order valence-corrected chi connectivity index (χ1v) is 15.2. The molecule has 1 N–H and O–H groups in total. The second kappa shape index (κ2) is 11.2. The molecular formula is C31H30N6O3S. The molecule has 6 rings (SSSR count). The molecule has 0 spiro atoms. The molecule has 1 aliphatic rings. The summed E-state index contributed by atoms with van der Waals surface area (Å²) in [6.07, 6.45) is 7.28. The van der Waals surface area contributed by atoms with Crippen molar-refractivity contribution in [3.63, 3.8) is 0 Å². The van der Waals surface area contributed by atoms with Gasteiger partial charge in [-0.05, 0) is 55.4 Å². The standard InChI is InChI=1S/C31H30N6O3S/c32-17-15-22-11-13-24(14-12-22)37-28(19-29(38)33-20-23-7-3-1-4-8-23)35-27-21-34-31-26(30(27)37)16-18-36(31)41(39,40)25-9-5-2-6-10-25/h1-10,16,18,21-22,24H,11-15,19-20H2,(H,33,38)/t22-,24-. The number of fused-ring (bicyclic) bond motifs is 3. The minimum Gasteiger partial charge on any atom is -0.352 e. The third-order valence-electron chi connectivity index (χ3n) is 7.91. The summed E-state index contributed by atoms with van der Waals surface area (Å²) >= 11 is 0. The van der Waals surface area contributed by atoms with E-state index in [0.717, 1.165) is 36.8 Å². The molecule has 0 bridgehead atoms. The van der Waals surface area contributed by atoms with Crippen molar-refractivity contribution >= 4 is 38.0 Å². The fourth-order valence-electron chi connectivity index (χ4n) is 5.85. The van der Waals surface area contributed by atoms with Crippen molar-refractivity contribution in [3.8, 4) is 6.07 Å². The molecule has 1 saturated carbocycles. The highest BCUT2D eigenvalue weighted by Crippen LogP contribution is 2.38. The summed E-state index contributed by atoms with van der Waals surface area (Å²) in [5.41, 5.74) is 2.74. The Hall–Kier alpha value is -4.49. The number of amides is 1. The molecule has 3 heterocycles. The summed E-state index contributed by atoms with van der Waals surface area (Å²) in [6.45, 7) is 0.422. The van der Waals surface area contributed by atoms with Gasteiger partial charge in [0.2, 0.25) is 5.91 Å². The quantitative estimate of drug-likeness (QED) is 0.278. The number of imidazole rings is 1. The van der Waals surface area contributed by atoms with Crippen molar-refractivity contribution in [2.24, 2.45) is 5.92 Å². The first-order chi connectivity index (χ1) is 20.0. The molecule has 0 unspecified atom stereocenters. The Bertz CT molecular complexity index is 1850. The monoisotopic (exact) mass is 566 g/mol. The minimum atomic E-state index is -3.86. The number of rotatable bonds is 8.